The SMILES string of the molecule is Cc1cc(C(=O)Nc2cccc(F)c2)ccc1N(C)S(=O)(=O)c1ccccc1. The van der Waals surface area contributed by atoms with E-state index in [0.717, 1.165) is 0 Å². The summed E-state index contributed by atoms with van der Waals surface area (Å²) in [7, 11) is -2.24. The second-order valence-corrected chi connectivity index (χ2v) is 8.22. The molecule has 0 aromatic heterocycles. The summed E-state index contributed by atoms with van der Waals surface area (Å²) in [4.78, 5) is 12.6. The summed E-state index contributed by atoms with van der Waals surface area (Å²) < 4.78 is 40.0. The fraction of sp³-hybridized carbons (Fsp3) is 0.0952. The topological polar surface area (TPSA) is 66.5 Å². The second kappa shape index (κ2) is 7.82. The summed E-state index contributed by atoms with van der Waals surface area (Å²) >= 11 is 0. The Labute approximate surface area is 163 Å². The van der Waals surface area contributed by atoms with Crippen LogP contribution in [0.15, 0.2) is 77.7 Å². The van der Waals surface area contributed by atoms with Crippen molar-refractivity contribution < 1.29 is 17.6 Å². The van der Waals surface area contributed by atoms with E-state index in [0.29, 0.717) is 22.5 Å². The molecule has 0 aliphatic carbocycles. The maximum absolute atomic E-state index is 13.3. The first-order chi connectivity index (χ1) is 13.3. The lowest BCUT2D eigenvalue weighted by molar-refractivity contribution is 0.102. The summed E-state index contributed by atoms with van der Waals surface area (Å²) in [6.45, 7) is 1.73. The van der Waals surface area contributed by atoms with Gasteiger partial charge in [0.2, 0.25) is 0 Å². The van der Waals surface area contributed by atoms with E-state index in [2.05, 4.69) is 5.32 Å². The van der Waals surface area contributed by atoms with Crippen molar-refractivity contribution >= 4 is 27.3 Å². The minimum Gasteiger partial charge on any atom is -0.322 e. The molecule has 0 saturated carbocycles. The Hall–Kier alpha value is -3.19. The predicted molar refractivity (Wildman–Crippen MR) is 108 cm³/mol. The summed E-state index contributed by atoms with van der Waals surface area (Å²) in [6, 6.07) is 18.4. The minimum atomic E-state index is -3.71. The van der Waals surface area contributed by atoms with Crippen LogP contribution in [0.5, 0.6) is 0 Å². The van der Waals surface area contributed by atoms with E-state index in [4.69, 9.17) is 0 Å². The average molecular weight is 398 g/mol. The monoisotopic (exact) mass is 398 g/mol. The van der Waals surface area contributed by atoms with Crippen molar-refractivity contribution in [3.05, 3.63) is 89.7 Å². The minimum absolute atomic E-state index is 0.185. The van der Waals surface area contributed by atoms with Crippen LogP contribution in [-0.4, -0.2) is 21.4 Å². The normalized spacial score (nSPS) is 11.1. The Bertz CT molecular complexity index is 1120. The largest absolute Gasteiger partial charge is 0.322 e. The van der Waals surface area contributed by atoms with Gasteiger partial charge in [0.05, 0.1) is 10.6 Å². The van der Waals surface area contributed by atoms with E-state index >= 15 is 0 Å². The highest BCUT2D eigenvalue weighted by Gasteiger charge is 2.22. The number of rotatable bonds is 5. The number of halogens is 1. The molecule has 3 aromatic carbocycles. The van der Waals surface area contributed by atoms with Crippen LogP contribution in [-0.2, 0) is 10.0 Å². The molecule has 0 radical (unpaired) electrons. The molecule has 0 unspecified atom stereocenters. The van der Waals surface area contributed by atoms with Crippen molar-refractivity contribution in [2.24, 2.45) is 0 Å². The van der Waals surface area contributed by atoms with Crippen molar-refractivity contribution in [3.63, 3.8) is 0 Å². The van der Waals surface area contributed by atoms with E-state index in [9.17, 15) is 17.6 Å². The molecule has 0 atom stereocenters. The van der Waals surface area contributed by atoms with Gasteiger partial charge in [-0.25, -0.2) is 12.8 Å². The van der Waals surface area contributed by atoms with Gasteiger partial charge in [-0.1, -0.05) is 24.3 Å². The van der Waals surface area contributed by atoms with E-state index in [1.165, 1.54) is 47.8 Å². The lowest BCUT2D eigenvalue weighted by Gasteiger charge is -2.22. The molecular formula is C21H19FN2O3S. The number of hydrogen-bond acceptors (Lipinski definition) is 3. The fourth-order valence-corrected chi connectivity index (χ4v) is 4.08. The summed E-state index contributed by atoms with van der Waals surface area (Å²) in [5.74, 6) is -0.856. The maximum atomic E-state index is 13.3. The second-order valence-electron chi connectivity index (χ2n) is 6.25. The molecule has 0 bridgehead atoms. The highest BCUT2D eigenvalue weighted by Crippen LogP contribution is 2.26. The van der Waals surface area contributed by atoms with E-state index < -0.39 is 21.7 Å². The van der Waals surface area contributed by atoms with Crippen LogP contribution in [0.3, 0.4) is 0 Å². The number of aryl methyl sites for hydroxylation is 1. The molecule has 144 valence electrons. The van der Waals surface area contributed by atoms with Crippen LogP contribution in [0.4, 0.5) is 15.8 Å². The van der Waals surface area contributed by atoms with Crippen LogP contribution >= 0.6 is 0 Å². The van der Waals surface area contributed by atoms with Gasteiger partial charge < -0.3 is 5.32 Å². The molecule has 28 heavy (non-hydrogen) atoms. The van der Waals surface area contributed by atoms with Gasteiger partial charge in [-0.05, 0) is 61.0 Å². The zero-order chi connectivity index (χ0) is 20.3. The Morgan fingerprint density at radius 1 is 0.964 bits per heavy atom. The smallest absolute Gasteiger partial charge is 0.264 e. The first-order valence-electron chi connectivity index (χ1n) is 8.50. The standard InChI is InChI=1S/C21H19FN2O3S/c1-15-13-16(21(25)23-18-8-6-7-17(22)14-18)11-12-20(15)24(2)28(26,27)19-9-4-3-5-10-19/h3-14H,1-2H3,(H,23,25). The third kappa shape index (κ3) is 4.04. The molecule has 0 spiro atoms. The van der Waals surface area contributed by atoms with Gasteiger partial charge in [-0.2, -0.15) is 0 Å². The number of carbonyl (C=O) groups is 1. The Kier molecular flexibility index (Phi) is 5.46. The van der Waals surface area contributed by atoms with E-state index in [1.54, 1.807) is 43.3 Å². The van der Waals surface area contributed by atoms with Crippen molar-refractivity contribution in [1.82, 2.24) is 0 Å². The summed E-state index contributed by atoms with van der Waals surface area (Å²) in [5.41, 5.74) is 1.77. The van der Waals surface area contributed by atoms with E-state index in [-0.39, 0.29) is 4.90 Å². The van der Waals surface area contributed by atoms with Crippen LogP contribution in [0.25, 0.3) is 0 Å². The van der Waals surface area contributed by atoms with Gasteiger partial charge in [0.25, 0.3) is 15.9 Å². The molecule has 1 N–H and O–H groups in total. The van der Waals surface area contributed by atoms with Crippen molar-refractivity contribution in [2.75, 3.05) is 16.7 Å². The molecule has 0 aliphatic rings. The molecule has 3 rings (SSSR count). The molecule has 3 aromatic rings. The lowest BCUT2D eigenvalue weighted by Crippen LogP contribution is -2.27. The fourth-order valence-electron chi connectivity index (χ4n) is 2.80. The Morgan fingerprint density at radius 2 is 1.68 bits per heavy atom. The Morgan fingerprint density at radius 3 is 2.32 bits per heavy atom. The lowest BCUT2D eigenvalue weighted by atomic mass is 10.1. The zero-order valence-corrected chi connectivity index (χ0v) is 16.2. The number of amides is 1. The van der Waals surface area contributed by atoms with Gasteiger partial charge in [0.1, 0.15) is 5.82 Å². The summed E-state index contributed by atoms with van der Waals surface area (Å²) in [5, 5.41) is 2.62. The molecule has 0 aliphatic heterocycles. The quantitative estimate of drug-likeness (QED) is 0.700. The first-order valence-corrected chi connectivity index (χ1v) is 9.94. The third-order valence-corrected chi connectivity index (χ3v) is 6.07. The molecular weight excluding hydrogens is 379 g/mol. The number of hydrogen-bond donors (Lipinski definition) is 1. The van der Waals surface area contributed by atoms with Crippen LogP contribution < -0.4 is 9.62 Å². The number of benzene rings is 3. The maximum Gasteiger partial charge on any atom is 0.264 e. The molecule has 0 saturated heterocycles. The van der Waals surface area contributed by atoms with Crippen molar-refractivity contribution in [2.45, 2.75) is 11.8 Å². The predicted octanol–water partition coefficient (Wildman–Crippen LogP) is 4.21. The molecule has 5 nitrogen and oxygen atoms in total. The van der Waals surface area contributed by atoms with Crippen molar-refractivity contribution in [1.29, 1.82) is 0 Å². The van der Waals surface area contributed by atoms with E-state index in [1.807, 2.05) is 0 Å². The number of sulfonamides is 1. The highest BCUT2D eigenvalue weighted by atomic mass is 32.2. The number of carbonyl (C=O) groups excluding carboxylic acids is 1. The number of nitrogens with zero attached hydrogens (tertiary/aromatic N) is 1. The number of anilines is 2. The van der Waals surface area contributed by atoms with Crippen molar-refractivity contribution in [3.8, 4) is 0 Å². The van der Waals surface area contributed by atoms with Gasteiger partial charge in [0.15, 0.2) is 0 Å². The van der Waals surface area contributed by atoms with Gasteiger partial charge in [-0.15, -0.1) is 0 Å². The molecule has 1 amide bonds. The Balaban J connectivity index is 1.85. The number of nitrogens with one attached hydrogen (secondary N) is 1. The highest BCUT2D eigenvalue weighted by molar-refractivity contribution is 7.92. The van der Waals surface area contributed by atoms with Crippen LogP contribution in [0, 0.1) is 12.7 Å². The zero-order valence-electron chi connectivity index (χ0n) is 15.4. The van der Waals surface area contributed by atoms with Gasteiger partial charge in [0, 0.05) is 18.3 Å². The van der Waals surface area contributed by atoms with Gasteiger partial charge >= 0.3 is 0 Å². The summed E-state index contributed by atoms with van der Waals surface area (Å²) in [6.07, 6.45) is 0. The third-order valence-electron chi connectivity index (χ3n) is 4.28. The molecule has 0 heterocycles. The molecule has 0 fully saturated rings. The average Bonchev–Trinajstić information content (AvgIpc) is 2.68. The van der Waals surface area contributed by atoms with Crippen LogP contribution in [0.1, 0.15) is 15.9 Å². The molecule has 7 heteroatoms. The first kappa shape index (κ1) is 19.6. The van der Waals surface area contributed by atoms with Gasteiger partial charge in [-0.3, -0.25) is 9.10 Å². The van der Waals surface area contributed by atoms with Crippen LogP contribution in [0.2, 0.25) is 0 Å².